The molecular formula is C16H29NO4. The van der Waals surface area contributed by atoms with Crippen LogP contribution in [0.5, 0.6) is 0 Å². The fourth-order valence-corrected chi connectivity index (χ4v) is 3.12. The molecule has 0 aromatic carbocycles. The van der Waals surface area contributed by atoms with Crippen molar-refractivity contribution in [2.75, 3.05) is 6.54 Å². The number of carbonyl (C=O) groups is 2. The molecule has 1 saturated carbocycles. The van der Waals surface area contributed by atoms with E-state index in [1.165, 1.54) is 4.90 Å². The first-order valence-corrected chi connectivity index (χ1v) is 7.88. The molecule has 0 aromatic rings. The van der Waals surface area contributed by atoms with Crippen LogP contribution in [0.1, 0.15) is 60.3 Å². The summed E-state index contributed by atoms with van der Waals surface area (Å²) < 4.78 is 5.36. The third-order valence-corrected chi connectivity index (χ3v) is 3.98. The van der Waals surface area contributed by atoms with Crippen molar-refractivity contribution >= 4 is 12.1 Å². The number of rotatable bonds is 4. The van der Waals surface area contributed by atoms with Crippen molar-refractivity contribution in [3.63, 3.8) is 0 Å². The lowest BCUT2D eigenvalue weighted by atomic mass is 9.78. The largest absolute Gasteiger partial charge is 0.480 e. The molecule has 1 fully saturated rings. The summed E-state index contributed by atoms with van der Waals surface area (Å²) in [6.07, 6.45) is 3.36. The van der Waals surface area contributed by atoms with Gasteiger partial charge in [-0.15, -0.1) is 0 Å². The van der Waals surface area contributed by atoms with Gasteiger partial charge in [-0.2, -0.15) is 0 Å². The van der Waals surface area contributed by atoms with Gasteiger partial charge in [-0.3, -0.25) is 4.90 Å². The van der Waals surface area contributed by atoms with E-state index in [1.807, 2.05) is 0 Å². The highest BCUT2D eigenvalue weighted by Gasteiger charge is 2.39. The Morgan fingerprint density at radius 1 is 1.33 bits per heavy atom. The van der Waals surface area contributed by atoms with Gasteiger partial charge < -0.3 is 9.84 Å². The van der Waals surface area contributed by atoms with Crippen molar-refractivity contribution in [2.45, 2.75) is 71.9 Å². The van der Waals surface area contributed by atoms with E-state index in [0.717, 1.165) is 25.7 Å². The summed E-state index contributed by atoms with van der Waals surface area (Å²) >= 11 is 0. The quantitative estimate of drug-likeness (QED) is 0.862. The zero-order valence-electron chi connectivity index (χ0n) is 13.9. The average molecular weight is 299 g/mol. The molecule has 5 nitrogen and oxygen atoms in total. The molecule has 0 heterocycles. The lowest BCUT2D eigenvalue weighted by Gasteiger charge is -2.37. The molecule has 5 heteroatoms. The predicted molar refractivity (Wildman–Crippen MR) is 81.2 cm³/mol. The van der Waals surface area contributed by atoms with Crippen molar-refractivity contribution in [1.82, 2.24) is 4.90 Å². The first kappa shape index (κ1) is 17.8. The topological polar surface area (TPSA) is 66.8 Å². The molecule has 0 spiro atoms. The highest BCUT2D eigenvalue weighted by molar-refractivity contribution is 5.80. The van der Waals surface area contributed by atoms with Gasteiger partial charge in [0.15, 0.2) is 0 Å². The van der Waals surface area contributed by atoms with E-state index in [0.29, 0.717) is 12.5 Å². The van der Waals surface area contributed by atoms with Crippen molar-refractivity contribution < 1.29 is 19.4 Å². The van der Waals surface area contributed by atoms with Crippen LogP contribution in [0.2, 0.25) is 0 Å². The van der Waals surface area contributed by atoms with Gasteiger partial charge in [0.1, 0.15) is 11.6 Å². The predicted octanol–water partition coefficient (Wildman–Crippen LogP) is 3.52. The van der Waals surface area contributed by atoms with Crippen LogP contribution in [0, 0.1) is 11.8 Å². The van der Waals surface area contributed by atoms with Crippen LogP contribution in [0.3, 0.4) is 0 Å². The molecule has 0 aliphatic heterocycles. The lowest BCUT2D eigenvalue weighted by Crippen LogP contribution is -2.51. The molecule has 0 bridgehead atoms. The van der Waals surface area contributed by atoms with Crippen LogP contribution in [-0.4, -0.2) is 40.3 Å². The molecule has 21 heavy (non-hydrogen) atoms. The maximum atomic E-state index is 12.3. The molecule has 0 saturated heterocycles. The van der Waals surface area contributed by atoms with Crippen LogP contribution in [0.15, 0.2) is 0 Å². The number of carboxylic acids is 1. The van der Waals surface area contributed by atoms with Crippen molar-refractivity contribution in [3.05, 3.63) is 0 Å². The summed E-state index contributed by atoms with van der Waals surface area (Å²) in [5, 5.41) is 9.61. The van der Waals surface area contributed by atoms with Gasteiger partial charge in [-0.1, -0.05) is 19.8 Å². The summed E-state index contributed by atoms with van der Waals surface area (Å²) in [6.45, 7) is 9.66. The minimum Gasteiger partial charge on any atom is -0.480 e. The number of carbonyl (C=O) groups excluding carboxylic acids is 1. The fraction of sp³-hybridized carbons (Fsp3) is 0.875. The molecule has 0 aromatic heterocycles. The number of likely N-dealkylation sites (N-methyl/N-ethyl adjacent to an activating group) is 1. The van der Waals surface area contributed by atoms with Crippen molar-refractivity contribution in [2.24, 2.45) is 11.8 Å². The van der Waals surface area contributed by atoms with E-state index in [1.54, 1.807) is 27.7 Å². The number of ether oxygens (including phenoxy) is 1. The maximum Gasteiger partial charge on any atom is 0.411 e. The molecule has 1 aliphatic carbocycles. The van der Waals surface area contributed by atoms with Crippen molar-refractivity contribution in [3.8, 4) is 0 Å². The average Bonchev–Trinajstić information content (AvgIpc) is 2.32. The normalized spacial score (nSPS) is 24.2. The Kier molecular flexibility index (Phi) is 6.05. The SMILES string of the molecule is CCN(C(=O)OC(C)(C)C)C(C(=O)O)C1CCCC(C)C1. The number of amides is 1. The Hall–Kier alpha value is -1.26. The molecule has 1 aliphatic rings. The molecule has 1 N–H and O–H groups in total. The fourth-order valence-electron chi connectivity index (χ4n) is 3.12. The van der Waals surface area contributed by atoms with Gasteiger partial charge in [-0.05, 0) is 52.4 Å². The first-order chi connectivity index (χ1) is 9.65. The Morgan fingerprint density at radius 3 is 2.38 bits per heavy atom. The van der Waals surface area contributed by atoms with E-state index in [9.17, 15) is 14.7 Å². The van der Waals surface area contributed by atoms with Gasteiger partial charge >= 0.3 is 12.1 Å². The lowest BCUT2D eigenvalue weighted by molar-refractivity contribution is -0.146. The van der Waals surface area contributed by atoms with Crippen LogP contribution < -0.4 is 0 Å². The monoisotopic (exact) mass is 299 g/mol. The Balaban J connectivity index is 2.90. The Bertz CT molecular complexity index is 375. The molecule has 3 unspecified atom stereocenters. The number of hydrogen-bond donors (Lipinski definition) is 1. The number of nitrogens with zero attached hydrogens (tertiary/aromatic N) is 1. The molecule has 122 valence electrons. The van der Waals surface area contributed by atoms with Gasteiger partial charge in [0, 0.05) is 6.54 Å². The number of aliphatic carboxylic acids is 1. The zero-order valence-corrected chi connectivity index (χ0v) is 13.9. The van der Waals surface area contributed by atoms with E-state index < -0.39 is 23.7 Å². The summed E-state index contributed by atoms with van der Waals surface area (Å²) in [7, 11) is 0. The van der Waals surface area contributed by atoms with Crippen LogP contribution in [0.4, 0.5) is 4.79 Å². The van der Waals surface area contributed by atoms with Crippen LogP contribution in [-0.2, 0) is 9.53 Å². The van der Waals surface area contributed by atoms with E-state index in [2.05, 4.69) is 6.92 Å². The highest BCUT2D eigenvalue weighted by Crippen LogP contribution is 2.33. The second-order valence-electron chi connectivity index (χ2n) is 7.08. The van der Waals surface area contributed by atoms with E-state index >= 15 is 0 Å². The van der Waals surface area contributed by atoms with Gasteiger partial charge in [0.05, 0.1) is 0 Å². The van der Waals surface area contributed by atoms with Crippen molar-refractivity contribution in [1.29, 1.82) is 0 Å². The van der Waals surface area contributed by atoms with Crippen LogP contribution >= 0.6 is 0 Å². The molecule has 1 rings (SSSR count). The van der Waals surface area contributed by atoms with Gasteiger partial charge in [-0.25, -0.2) is 9.59 Å². The third-order valence-electron chi connectivity index (χ3n) is 3.98. The highest BCUT2D eigenvalue weighted by atomic mass is 16.6. The summed E-state index contributed by atoms with van der Waals surface area (Å²) in [6, 6.07) is -0.785. The standard InChI is InChI=1S/C16H29NO4/c1-6-17(15(20)21-16(3,4)5)13(14(18)19)12-9-7-8-11(2)10-12/h11-13H,6-10H2,1-5H3,(H,18,19). The second kappa shape index (κ2) is 7.14. The van der Waals surface area contributed by atoms with Gasteiger partial charge in [0.2, 0.25) is 0 Å². The molecule has 3 atom stereocenters. The molecule has 0 radical (unpaired) electrons. The zero-order chi connectivity index (χ0) is 16.2. The molecular weight excluding hydrogens is 270 g/mol. The van der Waals surface area contributed by atoms with E-state index in [4.69, 9.17) is 4.74 Å². The van der Waals surface area contributed by atoms with Crippen LogP contribution in [0.25, 0.3) is 0 Å². The first-order valence-electron chi connectivity index (χ1n) is 7.88. The Labute approximate surface area is 127 Å². The number of hydrogen-bond acceptors (Lipinski definition) is 3. The minimum atomic E-state index is -0.929. The molecule has 1 amide bonds. The summed E-state index contributed by atoms with van der Waals surface area (Å²) in [5.74, 6) is -0.400. The smallest absolute Gasteiger partial charge is 0.411 e. The summed E-state index contributed by atoms with van der Waals surface area (Å²) in [5.41, 5.74) is -0.618. The summed E-state index contributed by atoms with van der Waals surface area (Å²) in [4.78, 5) is 25.4. The van der Waals surface area contributed by atoms with E-state index in [-0.39, 0.29) is 5.92 Å². The minimum absolute atomic E-state index is 0.0127. The number of carboxylic acid groups (broad SMARTS) is 1. The maximum absolute atomic E-state index is 12.3. The van der Waals surface area contributed by atoms with Gasteiger partial charge in [0.25, 0.3) is 0 Å². The third kappa shape index (κ3) is 5.21. The second-order valence-corrected chi connectivity index (χ2v) is 7.08. The Morgan fingerprint density at radius 2 is 1.95 bits per heavy atom.